The maximum Gasteiger partial charge on any atom is 0.248 e. The first kappa shape index (κ1) is 24.1. The highest BCUT2D eigenvalue weighted by Crippen LogP contribution is 2.18. The number of aliphatic hydroxyl groups excluding tert-OH is 1. The number of aliphatic hydroxyl groups is 1. The molecule has 1 atom stereocenters. The van der Waals surface area contributed by atoms with E-state index < -0.39 is 11.9 Å². The van der Waals surface area contributed by atoms with Crippen molar-refractivity contribution in [1.82, 2.24) is 9.80 Å². The van der Waals surface area contributed by atoms with Crippen LogP contribution in [0.4, 0.5) is 4.39 Å². The van der Waals surface area contributed by atoms with Crippen molar-refractivity contribution in [3.63, 3.8) is 0 Å². The maximum atomic E-state index is 13.9. The number of carbonyl (C=O) groups is 1. The van der Waals surface area contributed by atoms with Crippen LogP contribution in [-0.4, -0.2) is 80.0 Å². The van der Waals surface area contributed by atoms with E-state index >= 15 is 0 Å². The molecule has 1 amide bonds. The van der Waals surface area contributed by atoms with Gasteiger partial charge in [0.05, 0.1) is 0 Å². The van der Waals surface area contributed by atoms with Gasteiger partial charge in [-0.3, -0.25) is 9.69 Å². The van der Waals surface area contributed by atoms with E-state index in [2.05, 4.69) is 16.7 Å². The van der Waals surface area contributed by atoms with Crippen LogP contribution in [0.1, 0.15) is 32.8 Å². The first-order valence-electron chi connectivity index (χ1n) is 10.3. The van der Waals surface area contributed by atoms with Crippen LogP contribution in [0.2, 0.25) is 0 Å². The van der Waals surface area contributed by atoms with E-state index in [1.165, 1.54) is 19.2 Å². The molecule has 30 heavy (non-hydrogen) atoms. The summed E-state index contributed by atoms with van der Waals surface area (Å²) in [4.78, 5) is 15.9. The van der Waals surface area contributed by atoms with Crippen molar-refractivity contribution in [2.75, 3.05) is 53.0 Å². The highest BCUT2D eigenvalue weighted by atomic mass is 19.1. The zero-order chi connectivity index (χ0) is 22.1. The van der Waals surface area contributed by atoms with Crippen LogP contribution in [0.5, 0.6) is 5.75 Å². The van der Waals surface area contributed by atoms with Crippen molar-refractivity contribution in [2.45, 2.75) is 33.3 Å². The third-order valence-electron chi connectivity index (χ3n) is 4.57. The number of rotatable bonds is 7. The molecule has 1 aromatic carbocycles. The molecular weight excluding hydrogens is 387 g/mol. The smallest absolute Gasteiger partial charge is 0.248 e. The van der Waals surface area contributed by atoms with Crippen LogP contribution in [0.15, 0.2) is 18.2 Å². The van der Waals surface area contributed by atoms with Gasteiger partial charge >= 0.3 is 0 Å². The lowest BCUT2D eigenvalue weighted by molar-refractivity contribution is -0.135. The number of β-amino-alcohol motifs (C(OH)–C–C–N with tert-alkyl or cyclic N) is 1. The van der Waals surface area contributed by atoms with Crippen molar-refractivity contribution in [3.8, 4) is 17.6 Å². The summed E-state index contributed by atoms with van der Waals surface area (Å²) in [6.45, 7) is 9.30. The number of hydrogen-bond acceptors (Lipinski definition) is 5. The van der Waals surface area contributed by atoms with Crippen LogP contribution in [-0.2, 0) is 9.53 Å². The fraction of sp³-hybridized carbons (Fsp3) is 0.609. The van der Waals surface area contributed by atoms with Crippen molar-refractivity contribution in [2.24, 2.45) is 5.41 Å². The van der Waals surface area contributed by atoms with Gasteiger partial charge in [0.25, 0.3) is 0 Å². The number of nitrogens with zero attached hydrogens (tertiary/aromatic N) is 2. The Morgan fingerprint density at radius 1 is 1.23 bits per heavy atom. The van der Waals surface area contributed by atoms with Crippen molar-refractivity contribution >= 4 is 5.91 Å². The van der Waals surface area contributed by atoms with Gasteiger partial charge < -0.3 is 19.5 Å². The van der Waals surface area contributed by atoms with E-state index in [1.807, 2.05) is 20.8 Å². The Labute approximate surface area is 178 Å². The molecule has 166 valence electrons. The molecule has 0 bridgehead atoms. The van der Waals surface area contributed by atoms with Crippen molar-refractivity contribution in [3.05, 3.63) is 29.6 Å². The molecule has 7 heteroatoms. The Morgan fingerprint density at radius 2 is 2.00 bits per heavy atom. The Kier molecular flexibility index (Phi) is 9.09. The lowest BCUT2D eigenvalue weighted by atomic mass is 9.97. The number of carbonyl (C=O) groups excluding carboxylic acids is 1. The minimum atomic E-state index is -0.724. The van der Waals surface area contributed by atoms with Crippen molar-refractivity contribution < 1.29 is 23.8 Å². The molecule has 1 aliphatic heterocycles. The summed E-state index contributed by atoms with van der Waals surface area (Å²) in [6, 6.07) is 4.34. The average molecular weight is 421 g/mol. The standard InChI is InChI=1S/C23H33FN2O4/c1-23(2,3)7-6-18-12-19(24)14-21(13-18)30-16-20(27)15-25-8-5-9-26(11-10-25)22(28)17-29-4/h12-14,20,27H,5,8-11,15-17H2,1-4H3. The number of ether oxygens (including phenoxy) is 2. The second kappa shape index (κ2) is 11.3. The second-order valence-corrected chi connectivity index (χ2v) is 8.61. The van der Waals surface area contributed by atoms with E-state index in [1.54, 1.807) is 11.0 Å². The molecule has 0 aliphatic carbocycles. The Bertz CT molecular complexity index is 767. The monoisotopic (exact) mass is 420 g/mol. The van der Waals surface area contributed by atoms with Gasteiger partial charge in [0.15, 0.2) is 0 Å². The van der Waals surface area contributed by atoms with Crippen LogP contribution in [0, 0.1) is 23.1 Å². The van der Waals surface area contributed by atoms with Crippen LogP contribution in [0.25, 0.3) is 0 Å². The lowest BCUT2D eigenvalue weighted by Gasteiger charge is -2.24. The molecule has 2 rings (SSSR count). The predicted molar refractivity (Wildman–Crippen MR) is 114 cm³/mol. The molecule has 1 N–H and O–H groups in total. The van der Waals surface area contributed by atoms with Gasteiger partial charge in [-0.1, -0.05) is 11.8 Å². The van der Waals surface area contributed by atoms with Gasteiger partial charge in [-0.25, -0.2) is 4.39 Å². The highest BCUT2D eigenvalue weighted by molar-refractivity contribution is 5.77. The zero-order valence-corrected chi connectivity index (χ0v) is 18.4. The number of halogens is 1. The molecule has 1 aliphatic rings. The summed E-state index contributed by atoms with van der Waals surface area (Å²) in [5, 5.41) is 10.4. The predicted octanol–water partition coefficient (Wildman–Crippen LogP) is 2.14. The van der Waals surface area contributed by atoms with Crippen LogP contribution < -0.4 is 4.74 Å². The number of methoxy groups -OCH3 is 1. The third-order valence-corrected chi connectivity index (χ3v) is 4.57. The molecule has 1 heterocycles. The normalized spacial score (nSPS) is 16.4. The Hall–Kier alpha value is -2.14. The molecule has 0 spiro atoms. The molecule has 1 aromatic rings. The molecule has 0 radical (unpaired) electrons. The van der Waals surface area contributed by atoms with Crippen LogP contribution >= 0.6 is 0 Å². The maximum absolute atomic E-state index is 13.9. The summed E-state index contributed by atoms with van der Waals surface area (Å²) >= 11 is 0. The first-order valence-corrected chi connectivity index (χ1v) is 10.3. The van der Waals surface area contributed by atoms with E-state index in [9.17, 15) is 14.3 Å². The molecule has 6 nitrogen and oxygen atoms in total. The Morgan fingerprint density at radius 3 is 2.70 bits per heavy atom. The van der Waals surface area contributed by atoms with E-state index in [0.717, 1.165) is 13.0 Å². The van der Waals surface area contributed by atoms with E-state index in [-0.39, 0.29) is 24.5 Å². The molecule has 1 fully saturated rings. The van der Waals surface area contributed by atoms with Gasteiger partial charge in [-0.05, 0) is 45.9 Å². The summed E-state index contributed by atoms with van der Waals surface area (Å²) in [5.41, 5.74) is 0.364. The van der Waals surface area contributed by atoms with Gasteiger partial charge in [0.2, 0.25) is 5.91 Å². The van der Waals surface area contributed by atoms with E-state index in [0.29, 0.717) is 37.5 Å². The average Bonchev–Trinajstić information content (AvgIpc) is 2.90. The number of benzene rings is 1. The first-order chi connectivity index (χ1) is 14.2. The minimum absolute atomic E-state index is 0.0142. The fourth-order valence-electron chi connectivity index (χ4n) is 3.14. The summed E-state index contributed by atoms with van der Waals surface area (Å²) in [5.74, 6) is 5.95. The van der Waals surface area contributed by atoms with Gasteiger partial charge in [0.1, 0.15) is 30.9 Å². The van der Waals surface area contributed by atoms with E-state index in [4.69, 9.17) is 9.47 Å². The second-order valence-electron chi connectivity index (χ2n) is 8.61. The SMILES string of the molecule is COCC(=O)N1CCCN(CC(O)COc2cc(F)cc(C#CC(C)(C)C)c2)CC1. The molecule has 0 aromatic heterocycles. The molecule has 1 unspecified atom stereocenters. The topological polar surface area (TPSA) is 62.2 Å². The molecule has 1 saturated heterocycles. The van der Waals surface area contributed by atoms with Gasteiger partial charge in [-0.15, -0.1) is 0 Å². The lowest BCUT2D eigenvalue weighted by Crippen LogP contribution is -2.40. The zero-order valence-electron chi connectivity index (χ0n) is 18.4. The summed E-state index contributed by atoms with van der Waals surface area (Å²) < 4.78 is 24.4. The third kappa shape index (κ3) is 8.70. The Balaban J connectivity index is 1.86. The van der Waals surface area contributed by atoms with Gasteiger partial charge in [0, 0.05) is 50.3 Å². The summed E-state index contributed by atoms with van der Waals surface area (Å²) in [7, 11) is 1.51. The molecule has 0 saturated carbocycles. The quantitative estimate of drug-likeness (QED) is 0.685. The largest absolute Gasteiger partial charge is 0.491 e. The molecular formula is C23H33FN2O4. The number of hydrogen-bond donors (Lipinski definition) is 1. The van der Waals surface area contributed by atoms with Crippen molar-refractivity contribution in [1.29, 1.82) is 0 Å². The van der Waals surface area contributed by atoms with Crippen LogP contribution in [0.3, 0.4) is 0 Å². The number of amides is 1. The highest BCUT2D eigenvalue weighted by Gasteiger charge is 2.20. The minimum Gasteiger partial charge on any atom is -0.491 e. The fourth-order valence-corrected chi connectivity index (χ4v) is 3.14. The summed E-state index contributed by atoms with van der Waals surface area (Å²) in [6.07, 6.45) is 0.113. The van der Waals surface area contributed by atoms with Gasteiger partial charge in [-0.2, -0.15) is 0 Å².